The molecular weight excluding hydrogens is 1010 g/mol. The van der Waals surface area contributed by atoms with Gasteiger partial charge in [-0.2, -0.15) is 0 Å². The number of benzene rings is 4. The van der Waals surface area contributed by atoms with Gasteiger partial charge in [-0.1, -0.05) is 24.3 Å². The number of alkyl carbamates (subject to hydrolysis) is 1. The van der Waals surface area contributed by atoms with Gasteiger partial charge >= 0.3 is 18.0 Å². The second kappa shape index (κ2) is 27.6. The SMILES string of the molecule is CC(C)(C)OC(=O)CNC(=O)c1ccc(-c2cnc(Nc3ccc(OCCN4CCC(NC(=O)OC(C)(C)C)CC4)cc3)nc2)cc1.COc1ccc(Nc2ncc(-c3ccc(C(=O)NCC(=O)OC(C)(C)C)cc3)cn2)cc1. The number of esters is 2. The summed E-state index contributed by atoms with van der Waals surface area (Å²) in [5.74, 6) is 0.779. The summed E-state index contributed by atoms with van der Waals surface area (Å²) in [5.41, 5.74) is 4.17. The minimum absolute atomic E-state index is 0.132. The summed E-state index contributed by atoms with van der Waals surface area (Å²) in [6, 6.07) is 29.2. The van der Waals surface area contributed by atoms with Gasteiger partial charge in [-0.15, -0.1) is 0 Å². The van der Waals surface area contributed by atoms with Crippen LogP contribution in [0.25, 0.3) is 22.3 Å². The molecule has 20 heteroatoms. The molecule has 5 N–H and O–H groups in total. The Bertz CT molecular complexity index is 2930. The van der Waals surface area contributed by atoms with Crippen LogP contribution in [0.5, 0.6) is 11.5 Å². The molecule has 1 fully saturated rings. The lowest BCUT2D eigenvalue weighted by atomic mass is 10.1. The van der Waals surface area contributed by atoms with Gasteiger partial charge in [0.1, 0.15) is 48.0 Å². The molecule has 0 bridgehead atoms. The van der Waals surface area contributed by atoms with Crippen molar-refractivity contribution >= 4 is 53.1 Å². The van der Waals surface area contributed by atoms with E-state index in [2.05, 4.69) is 51.4 Å². The van der Waals surface area contributed by atoms with Crippen molar-refractivity contribution in [3.8, 4) is 33.8 Å². The van der Waals surface area contributed by atoms with Crippen LogP contribution in [0.15, 0.2) is 122 Å². The number of ether oxygens (including phenoxy) is 5. The zero-order valence-corrected chi connectivity index (χ0v) is 46.6. The largest absolute Gasteiger partial charge is 0.497 e. The molecule has 2 aromatic heterocycles. The number of piperidine rings is 1. The third kappa shape index (κ3) is 21.0. The molecule has 79 heavy (non-hydrogen) atoms. The van der Waals surface area contributed by atoms with E-state index in [0.717, 1.165) is 77.6 Å². The van der Waals surface area contributed by atoms with Crippen molar-refractivity contribution in [2.24, 2.45) is 0 Å². The van der Waals surface area contributed by atoms with Gasteiger partial charge < -0.3 is 50.3 Å². The monoisotopic (exact) mass is 1080 g/mol. The van der Waals surface area contributed by atoms with E-state index >= 15 is 0 Å². The molecule has 0 atom stereocenters. The Morgan fingerprint density at radius 2 is 0.911 bits per heavy atom. The van der Waals surface area contributed by atoms with Gasteiger partial charge in [-0.05, 0) is 159 Å². The number of amides is 3. The third-order valence-electron chi connectivity index (χ3n) is 11.3. The summed E-state index contributed by atoms with van der Waals surface area (Å²) < 4.78 is 26.8. The topological polar surface area (TPSA) is 246 Å². The van der Waals surface area contributed by atoms with E-state index in [-0.39, 0.29) is 37.0 Å². The Balaban J connectivity index is 0.000000274. The molecule has 0 aliphatic carbocycles. The predicted octanol–water partition coefficient (Wildman–Crippen LogP) is 9.29. The first-order valence-corrected chi connectivity index (χ1v) is 25.9. The van der Waals surface area contributed by atoms with Crippen molar-refractivity contribution in [2.75, 3.05) is 57.1 Å². The molecule has 418 valence electrons. The molecule has 3 heterocycles. The number of anilines is 4. The highest BCUT2D eigenvalue weighted by atomic mass is 16.6. The fourth-order valence-electron chi connectivity index (χ4n) is 7.61. The van der Waals surface area contributed by atoms with Crippen molar-refractivity contribution in [1.29, 1.82) is 0 Å². The maximum absolute atomic E-state index is 12.4. The zero-order chi connectivity index (χ0) is 57.2. The first kappa shape index (κ1) is 59.6. The fraction of sp³-hybridized carbons (Fsp3) is 0.373. The fourth-order valence-corrected chi connectivity index (χ4v) is 7.61. The van der Waals surface area contributed by atoms with Crippen LogP contribution < -0.4 is 36.1 Å². The summed E-state index contributed by atoms with van der Waals surface area (Å²) in [6.07, 6.45) is 8.24. The van der Waals surface area contributed by atoms with Gasteiger partial charge in [0, 0.05) is 84.1 Å². The third-order valence-corrected chi connectivity index (χ3v) is 11.3. The first-order valence-electron chi connectivity index (χ1n) is 25.9. The van der Waals surface area contributed by atoms with Crippen LogP contribution in [-0.2, 0) is 23.8 Å². The summed E-state index contributed by atoms with van der Waals surface area (Å²) in [6.45, 7) is 19.0. The van der Waals surface area contributed by atoms with E-state index in [1.165, 1.54) is 0 Å². The normalized spacial score (nSPS) is 12.8. The van der Waals surface area contributed by atoms with E-state index in [1.54, 1.807) is 122 Å². The number of nitrogens with one attached hydrogen (secondary N) is 5. The number of likely N-dealkylation sites (tertiary alicyclic amines) is 1. The average Bonchev–Trinajstić information content (AvgIpc) is 3.40. The van der Waals surface area contributed by atoms with E-state index in [4.69, 9.17) is 23.7 Å². The number of hydrogen-bond donors (Lipinski definition) is 5. The molecule has 3 amide bonds. The number of methoxy groups -OCH3 is 1. The summed E-state index contributed by atoms with van der Waals surface area (Å²) in [5, 5.41) is 14.4. The molecule has 1 saturated heterocycles. The number of hydrogen-bond acceptors (Lipinski definition) is 17. The second-order valence-electron chi connectivity index (χ2n) is 21.4. The summed E-state index contributed by atoms with van der Waals surface area (Å²) in [4.78, 5) is 80.2. The van der Waals surface area contributed by atoms with Crippen molar-refractivity contribution in [2.45, 2.75) is 98.0 Å². The predicted molar refractivity (Wildman–Crippen MR) is 302 cm³/mol. The lowest BCUT2D eigenvalue weighted by Crippen LogP contribution is -2.46. The van der Waals surface area contributed by atoms with Crippen LogP contribution in [0.4, 0.5) is 28.1 Å². The Labute approximate surface area is 461 Å². The lowest BCUT2D eigenvalue weighted by Gasteiger charge is -2.32. The average molecular weight is 1080 g/mol. The maximum atomic E-state index is 12.4. The zero-order valence-electron chi connectivity index (χ0n) is 46.6. The number of aromatic nitrogens is 4. The summed E-state index contributed by atoms with van der Waals surface area (Å²) >= 11 is 0. The maximum Gasteiger partial charge on any atom is 0.407 e. The molecule has 6 aromatic rings. The van der Waals surface area contributed by atoms with Gasteiger partial charge in [-0.3, -0.25) is 24.1 Å². The van der Waals surface area contributed by atoms with Crippen molar-refractivity contribution in [1.82, 2.24) is 40.8 Å². The van der Waals surface area contributed by atoms with E-state index in [0.29, 0.717) is 29.6 Å². The van der Waals surface area contributed by atoms with Crippen LogP contribution in [-0.4, -0.2) is 124 Å². The van der Waals surface area contributed by atoms with E-state index < -0.39 is 28.7 Å². The smallest absolute Gasteiger partial charge is 0.407 e. The summed E-state index contributed by atoms with van der Waals surface area (Å²) in [7, 11) is 1.62. The Morgan fingerprint density at radius 3 is 1.29 bits per heavy atom. The van der Waals surface area contributed by atoms with Gasteiger partial charge in [0.15, 0.2) is 0 Å². The lowest BCUT2D eigenvalue weighted by molar-refractivity contribution is -0.154. The standard InChI is InChI=1S/C35H46N6O6.C24H26N4O4/c1-34(2,3)46-30(42)23-36-31(43)25-9-7-24(8-10-25)26-21-37-32(38-22-26)39-27-11-13-29(14-12-27)45-20-19-41-17-15-28(16-18-41)40-33(44)47-35(4,5)6;1-24(2,3)32-21(29)15-25-22(30)17-7-5-16(6-8-17)18-13-26-23(27-14-18)28-19-9-11-20(31-4)12-10-19/h7-14,21-22,28H,15-20,23H2,1-6H3,(H,36,43)(H,40,44)(H,37,38,39);5-14H,15H2,1-4H3,(H,25,30)(H,26,27,28). The van der Waals surface area contributed by atoms with Crippen LogP contribution >= 0.6 is 0 Å². The molecule has 0 spiro atoms. The highest BCUT2D eigenvalue weighted by Gasteiger charge is 2.24. The minimum atomic E-state index is -0.609. The van der Waals surface area contributed by atoms with Gasteiger partial charge in [0.05, 0.1) is 7.11 Å². The van der Waals surface area contributed by atoms with Crippen molar-refractivity contribution in [3.05, 3.63) is 133 Å². The van der Waals surface area contributed by atoms with Gasteiger partial charge in [-0.25, -0.2) is 24.7 Å². The van der Waals surface area contributed by atoms with Gasteiger partial charge in [0.25, 0.3) is 11.8 Å². The molecule has 7 rings (SSSR count). The molecule has 0 unspecified atom stereocenters. The first-order chi connectivity index (χ1) is 37.5. The van der Waals surface area contributed by atoms with E-state index in [1.807, 2.05) is 69.3 Å². The minimum Gasteiger partial charge on any atom is -0.497 e. The Hall–Kier alpha value is -8.65. The second-order valence-corrected chi connectivity index (χ2v) is 21.4. The van der Waals surface area contributed by atoms with Crippen LogP contribution in [0, 0.1) is 0 Å². The molecule has 20 nitrogen and oxygen atoms in total. The molecule has 1 aliphatic heterocycles. The van der Waals surface area contributed by atoms with E-state index in [9.17, 15) is 24.0 Å². The number of nitrogens with zero attached hydrogens (tertiary/aromatic N) is 5. The molecular formula is C59H72N10O10. The quantitative estimate of drug-likeness (QED) is 0.0397. The Morgan fingerprint density at radius 1 is 0.519 bits per heavy atom. The van der Waals surface area contributed by atoms with Crippen molar-refractivity contribution in [3.63, 3.8) is 0 Å². The molecule has 0 radical (unpaired) electrons. The Kier molecular flexibility index (Phi) is 20.8. The van der Waals surface area contributed by atoms with Crippen molar-refractivity contribution < 1.29 is 47.7 Å². The van der Waals surface area contributed by atoms with Crippen LogP contribution in [0.2, 0.25) is 0 Å². The highest BCUT2D eigenvalue weighted by molar-refractivity contribution is 5.97. The van der Waals surface area contributed by atoms with Crippen LogP contribution in [0.3, 0.4) is 0 Å². The molecule has 0 saturated carbocycles. The molecule has 4 aromatic carbocycles. The van der Waals surface area contributed by atoms with Gasteiger partial charge in [0.2, 0.25) is 11.9 Å². The number of carbonyl (C=O) groups is 5. The molecule has 1 aliphatic rings. The van der Waals surface area contributed by atoms with Crippen LogP contribution in [0.1, 0.15) is 95.9 Å². The highest BCUT2D eigenvalue weighted by Crippen LogP contribution is 2.24. The number of carbonyl (C=O) groups excluding carboxylic acids is 5. The number of rotatable bonds is 18.